The van der Waals surface area contributed by atoms with E-state index in [-0.39, 0.29) is 0 Å². The zero-order valence-electron chi connectivity index (χ0n) is 14.9. The predicted molar refractivity (Wildman–Crippen MR) is 96.5 cm³/mol. The number of methoxy groups -OCH3 is 1. The van der Waals surface area contributed by atoms with E-state index >= 15 is 0 Å². The van der Waals surface area contributed by atoms with Crippen molar-refractivity contribution in [2.45, 2.75) is 32.2 Å². The summed E-state index contributed by atoms with van der Waals surface area (Å²) < 4.78 is 10.6. The second kappa shape index (κ2) is 7.88. The van der Waals surface area contributed by atoms with Crippen LogP contribution in [-0.2, 0) is 11.3 Å². The van der Waals surface area contributed by atoms with Crippen molar-refractivity contribution in [3.8, 4) is 5.75 Å². The van der Waals surface area contributed by atoms with E-state index in [0.717, 1.165) is 24.8 Å². The number of ether oxygens (including phenoxy) is 2. The van der Waals surface area contributed by atoms with Gasteiger partial charge >= 0.3 is 0 Å². The minimum atomic E-state index is 0.581. The highest BCUT2D eigenvalue weighted by Gasteiger charge is 2.43. The quantitative estimate of drug-likeness (QED) is 0.494. The largest absolute Gasteiger partial charge is 0.491 e. The van der Waals surface area contributed by atoms with Crippen molar-refractivity contribution in [1.82, 2.24) is 10.2 Å². The van der Waals surface area contributed by atoms with Crippen LogP contribution in [0.2, 0.25) is 0 Å². The normalized spacial score (nSPS) is 19.4. The summed E-state index contributed by atoms with van der Waals surface area (Å²) in [6.45, 7) is 4.27. The Morgan fingerprint density at radius 1 is 1.21 bits per heavy atom. The number of nitrogens with zero attached hydrogens (tertiary/aromatic N) is 2. The van der Waals surface area contributed by atoms with Crippen molar-refractivity contribution in [3.63, 3.8) is 0 Å². The topological polar surface area (TPSA) is 46.1 Å². The third-order valence-electron chi connectivity index (χ3n) is 5.29. The summed E-state index contributed by atoms with van der Waals surface area (Å²) in [5.41, 5.74) is 1.83. The molecule has 1 aliphatic carbocycles. The van der Waals surface area contributed by atoms with Gasteiger partial charge in [-0.3, -0.25) is 4.99 Å². The maximum absolute atomic E-state index is 5.59. The van der Waals surface area contributed by atoms with E-state index in [4.69, 9.17) is 9.47 Å². The molecule has 1 heterocycles. The highest BCUT2D eigenvalue weighted by molar-refractivity contribution is 5.80. The first kappa shape index (κ1) is 17.1. The first-order chi connectivity index (χ1) is 11.7. The maximum atomic E-state index is 5.59. The number of hydrogen-bond donors (Lipinski definition) is 1. The minimum Gasteiger partial charge on any atom is -0.491 e. The summed E-state index contributed by atoms with van der Waals surface area (Å²) in [6.07, 6.45) is 5.51. The maximum Gasteiger partial charge on any atom is 0.193 e. The van der Waals surface area contributed by atoms with Gasteiger partial charge in [0.2, 0.25) is 0 Å². The molecule has 0 amide bonds. The van der Waals surface area contributed by atoms with Crippen LogP contribution in [0.5, 0.6) is 5.75 Å². The Kier molecular flexibility index (Phi) is 5.61. The lowest BCUT2D eigenvalue weighted by atomic mass is 9.68. The number of guanidine groups is 1. The number of aliphatic imine (C=N–C) groups is 1. The number of rotatable bonds is 6. The molecular formula is C19H29N3O2. The lowest BCUT2D eigenvalue weighted by Gasteiger charge is -2.38. The Morgan fingerprint density at radius 2 is 2.00 bits per heavy atom. The Balaban J connectivity index is 1.47. The molecule has 1 aromatic carbocycles. The van der Waals surface area contributed by atoms with Crippen LogP contribution in [0, 0.1) is 5.41 Å². The van der Waals surface area contributed by atoms with Crippen LogP contribution < -0.4 is 10.1 Å². The fourth-order valence-corrected chi connectivity index (χ4v) is 3.66. The van der Waals surface area contributed by atoms with Gasteiger partial charge in [0.25, 0.3) is 0 Å². The number of hydrogen-bond acceptors (Lipinski definition) is 3. The molecule has 0 atom stereocenters. The van der Waals surface area contributed by atoms with E-state index in [0.29, 0.717) is 18.6 Å². The molecule has 0 radical (unpaired) electrons. The van der Waals surface area contributed by atoms with Gasteiger partial charge in [0.05, 0.1) is 6.61 Å². The molecule has 0 unspecified atom stereocenters. The third kappa shape index (κ3) is 4.01. The van der Waals surface area contributed by atoms with Crippen molar-refractivity contribution >= 4 is 5.96 Å². The van der Waals surface area contributed by atoms with Gasteiger partial charge in [-0.05, 0) is 42.4 Å². The number of likely N-dealkylation sites (tertiary alicyclic amines) is 1. The van der Waals surface area contributed by atoms with Crippen LogP contribution in [0.4, 0.5) is 0 Å². The van der Waals surface area contributed by atoms with Crippen molar-refractivity contribution in [2.24, 2.45) is 10.4 Å². The molecule has 1 aromatic rings. The van der Waals surface area contributed by atoms with Gasteiger partial charge in [-0.15, -0.1) is 0 Å². The number of benzene rings is 1. The molecular weight excluding hydrogens is 302 g/mol. The molecule has 0 aromatic heterocycles. The summed E-state index contributed by atoms with van der Waals surface area (Å²) >= 11 is 0. The molecule has 132 valence electrons. The van der Waals surface area contributed by atoms with Crippen molar-refractivity contribution < 1.29 is 9.47 Å². The Labute approximate surface area is 145 Å². The Hall–Kier alpha value is -1.75. The molecule has 24 heavy (non-hydrogen) atoms. The molecule has 5 heteroatoms. The van der Waals surface area contributed by atoms with E-state index in [9.17, 15) is 0 Å². The van der Waals surface area contributed by atoms with E-state index in [1.54, 1.807) is 7.11 Å². The lowest BCUT2D eigenvalue weighted by Crippen LogP contribution is -2.42. The molecule has 1 spiro atoms. The van der Waals surface area contributed by atoms with E-state index in [1.807, 2.05) is 19.2 Å². The van der Waals surface area contributed by atoms with Gasteiger partial charge in [0.15, 0.2) is 5.96 Å². The Morgan fingerprint density at radius 3 is 2.58 bits per heavy atom. The second-order valence-electron chi connectivity index (χ2n) is 6.91. The highest BCUT2D eigenvalue weighted by atomic mass is 16.5. The molecule has 1 aliphatic heterocycles. The minimum absolute atomic E-state index is 0.581. The smallest absolute Gasteiger partial charge is 0.193 e. The zero-order valence-corrected chi connectivity index (χ0v) is 14.9. The summed E-state index contributed by atoms with van der Waals surface area (Å²) in [4.78, 5) is 6.89. The second-order valence-corrected chi connectivity index (χ2v) is 6.91. The summed E-state index contributed by atoms with van der Waals surface area (Å²) in [7, 11) is 3.55. The van der Waals surface area contributed by atoms with Crippen LogP contribution in [0.15, 0.2) is 29.3 Å². The van der Waals surface area contributed by atoms with Gasteiger partial charge in [-0.2, -0.15) is 0 Å². The molecule has 3 rings (SSSR count). The van der Waals surface area contributed by atoms with Crippen LogP contribution in [0.3, 0.4) is 0 Å². The van der Waals surface area contributed by atoms with Gasteiger partial charge in [-0.1, -0.05) is 18.6 Å². The van der Waals surface area contributed by atoms with Gasteiger partial charge < -0.3 is 19.7 Å². The van der Waals surface area contributed by atoms with Gasteiger partial charge in [-0.25, -0.2) is 0 Å². The van der Waals surface area contributed by atoms with Crippen LogP contribution in [0.25, 0.3) is 0 Å². The average molecular weight is 331 g/mol. The lowest BCUT2D eigenvalue weighted by molar-refractivity contribution is 0.146. The van der Waals surface area contributed by atoms with E-state index < -0.39 is 0 Å². The van der Waals surface area contributed by atoms with Crippen molar-refractivity contribution in [2.75, 3.05) is 40.5 Å². The monoisotopic (exact) mass is 331 g/mol. The van der Waals surface area contributed by atoms with Crippen molar-refractivity contribution in [1.29, 1.82) is 0 Å². The standard InChI is InChI=1S/C19H29N3O2/c1-20-18(22-11-10-19(15-22)8-3-9-19)21-14-16-4-6-17(7-5-16)24-13-12-23-2/h4-7H,3,8-15H2,1-2H3,(H,20,21). The van der Waals surface area contributed by atoms with E-state index in [2.05, 4.69) is 27.3 Å². The van der Waals surface area contributed by atoms with Crippen LogP contribution in [0.1, 0.15) is 31.2 Å². The fraction of sp³-hybridized carbons (Fsp3) is 0.632. The predicted octanol–water partition coefficient (Wildman–Crippen LogP) is 2.66. The highest BCUT2D eigenvalue weighted by Crippen LogP contribution is 2.47. The molecule has 0 bridgehead atoms. The zero-order chi connectivity index (χ0) is 16.8. The average Bonchev–Trinajstić information content (AvgIpc) is 3.03. The summed E-state index contributed by atoms with van der Waals surface area (Å²) in [5, 5.41) is 3.50. The molecule has 2 fully saturated rings. The molecule has 1 saturated heterocycles. The third-order valence-corrected chi connectivity index (χ3v) is 5.29. The van der Waals surface area contributed by atoms with Gasteiger partial charge in [0.1, 0.15) is 12.4 Å². The first-order valence-corrected chi connectivity index (χ1v) is 8.91. The first-order valence-electron chi connectivity index (χ1n) is 8.91. The summed E-state index contributed by atoms with van der Waals surface area (Å²) in [5.74, 6) is 1.91. The van der Waals surface area contributed by atoms with Gasteiger partial charge in [0, 0.05) is 33.8 Å². The Bertz CT molecular complexity index is 552. The molecule has 1 N–H and O–H groups in total. The summed E-state index contributed by atoms with van der Waals surface area (Å²) in [6, 6.07) is 8.21. The molecule has 5 nitrogen and oxygen atoms in total. The number of nitrogens with one attached hydrogen (secondary N) is 1. The fourth-order valence-electron chi connectivity index (χ4n) is 3.66. The van der Waals surface area contributed by atoms with Crippen molar-refractivity contribution in [3.05, 3.63) is 29.8 Å². The SMILES string of the molecule is CN=C(NCc1ccc(OCCOC)cc1)N1CCC2(CCC2)C1. The van der Waals surface area contributed by atoms with E-state index in [1.165, 1.54) is 37.8 Å². The van der Waals surface area contributed by atoms with Crippen LogP contribution >= 0.6 is 0 Å². The molecule has 2 aliphatic rings. The van der Waals surface area contributed by atoms with Crippen LogP contribution in [-0.4, -0.2) is 51.3 Å². The molecule has 1 saturated carbocycles.